The highest BCUT2D eigenvalue weighted by atomic mass is 127. The number of nitrogens with zero attached hydrogens (tertiary/aromatic N) is 1. The third kappa shape index (κ3) is 2.58. The maximum absolute atomic E-state index is 11.5. The zero-order valence-corrected chi connectivity index (χ0v) is 12.4. The highest BCUT2D eigenvalue weighted by Gasteiger charge is 2.27. The van der Waals surface area contributed by atoms with E-state index in [2.05, 4.69) is 0 Å². The fourth-order valence-electron chi connectivity index (χ4n) is 1.85. The number of anilines is 1. The minimum atomic E-state index is -3.26. The Hall–Kier alpha value is -0.340. The molecule has 0 saturated carbocycles. The second-order valence-corrected chi connectivity index (χ2v) is 8.54. The van der Waals surface area contributed by atoms with Gasteiger partial charge in [-0.2, -0.15) is 8.42 Å². The van der Waals surface area contributed by atoms with Gasteiger partial charge in [0.2, 0.25) is 0 Å². The molecule has 0 spiro atoms. The Morgan fingerprint density at radius 1 is 1.47 bits per heavy atom. The van der Waals surface area contributed by atoms with E-state index in [1.54, 1.807) is 18.2 Å². The second-order valence-electron chi connectivity index (χ2n) is 3.66. The molecule has 0 atom stereocenters. The summed E-state index contributed by atoms with van der Waals surface area (Å²) in [5.41, 5.74) is 2.07. The molecule has 0 amide bonds. The Morgan fingerprint density at radius 3 is 2.76 bits per heavy atom. The largest absolute Gasteiger partial charge is 0.293 e. The molecule has 0 N–H and O–H groups in total. The van der Waals surface area contributed by atoms with Gasteiger partial charge in [-0.1, -0.05) is 0 Å². The van der Waals surface area contributed by atoms with E-state index >= 15 is 0 Å². The van der Waals surface area contributed by atoms with Crippen LogP contribution in [-0.4, -0.2) is 26.6 Å². The number of carbonyl (C=O) groups is 1. The van der Waals surface area contributed by atoms with E-state index in [0.717, 1.165) is 5.56 Å². The summed E-state index contributed by atoms with van der Waals surface area (Å²) in [6, 6.07) is 5.00. The predicted molar refractivity (Wildman–Crippen MR) is 75.5 cm³/mol. The highest BCUT2D eigenvalue weighted by Crippen LogP contribution is 2.33. The normalized spacial score (nSPS) is 14.8. The van der Waals surface area contributed by atoms with Crippen LogP contribution in [0.3, 0.4) is 0 Å². The topological polar surface area (TPSA) is 54.5 Å². The molecule has 2 rings (SSSR count). The molecule has 1 aliphatic rings. The molecule has 92 valence electrons. The third-order valence-electron chi connectivity index (χ3n) is 2.64. The average molecular weight is 386 g/mol. The summed E-state index contributed by atoms with van der Waals surface area (Å²) in [5.74, 6) is -0.210. The molecule has 1 aromatic rings. The molecular formula is C10H9ClINO3S. The molecule has 0 bridgehead atoms. The van der Waals surface area contributed by atoms with Crippen LogP contribution in [0.2, 0.25) is 0 Å². The maximum Gasteiger partial charge on any atom is 0.288 e. The number of Topliss-reactive ketones (excluding diaryl/α,β-unsaturated/α-hetero) is 1. The van der Waals surface area contributed by atoms with Crippen LogP contribution >= 0.6 is 32.8 Å². The van der Waals surface area contributed by atoms with Crippen LogP contribution in [0, 0.1) is 0 Å². The molecule has 4 nitrogen and oxygen atoms in total. The van der Waals surface area contributed by atoms with Crippen LogP contribution < -0.4 is 4.31 Å². The first-order chi connectivity index (χ1) is 7.93. The minimum Gasteiger partial charge on any atom is -0.293 e. The summed E-state index contributed by atoms with van der Waals surface area (Å²) in [7, 11) is -3.26. The van der Waals surface area contributed by atoms with Crippen LogP contribution in [0.4, 0.5) is 5.69 Å². The van der Waals surface area contributed by atoms with Gasteiger partial charge in [-0.3, -0.25) is 9.10 Å². The van der Waals surface area contributed by atoms with Crippen molar-refractivity contribution in [3.05, 3.63) is 29.3 Å². The van der Waals surface area contributed by atoms with Crippen molar-refractivity contribution in [1.29, 1.82) is 0 Å². The molecule has 1 aromatic carbocycles. The number of rotatable bonds is 3. The van der Waals surface area contributed by atoms with Crippen molar-refractivity contribution in [2.24, 2.45) is 0 Å². The molecule has 0 saturated heterocycles. The molecule has 1 heterocycles. The quantitative estimate of drug-likeness (QED) is 0.347. The average Bonchev–Trinajstić information content (AvgIpc) is 2.70. The summed E-state index contributed by atoms with van der Waals surface area (Å²) >= 11 is 6.90. The number of fused-ring (bicyclic) bond motifs is 1. The van der Waals surface area contributed by atoms with Crippen LogP contribution in [0.5, 0.6) is 0 Å². The molecule has 17 heavy (non-hydrogen) atoms. The summed E-state index contributed by atoms with van der Waals surface area (Å²) in [6.07, 6.45) is 0.626. The number of hydrogen-bond acceptors (Lipinski definition) is 3. The van der Waals surface area contributed by atoms with Gasteiger partial charge in [-0.25, -0.2) is 0 Å². The zero-order chi connectivity index (χ0) is 12.6. The van der Waals surface area contributed by atoms with Crippen molar-refractivity contribution in [2.45, 2.75) is 6.42 Å². The van der Waals surface area contributed by atoms with E-state index in [1.807, 2.05) is 0 Å². The van der Waals surface area contributed by atoms with Gasteiger partial charge in [0.05, 0.1) is 32.8 Å². The fourth-order valence-corrected chi connectivity index (χ4v) is 3.95. The first-order valence-corrected chi connectivity index (χ1v) is 9.39. The first kappa shape index (κ1) is 13.1. The smallest absolute Gasteiger partial charge is 0.288 e. The number of ketones is 1. The van der Waals surface area contributed by atoms with Gasteiger partial charge in [-0.15, -0.1) is 11.6 Å². The zero-order valence-electron chi connectivity index (χ0n) is 8.69. The Balaban J connectivity index is 2.42. The van der Waals surface area contributed by atoms with Crippen LogP contribution in [0.15, 0.2) is 18.2 Å². The lowest BCUT2D eigenvalue weighted by Gasteiger charge is -2.14. The van der Waals surface area contributed by atoms with Gasteiger partial charge in [0.25, 0.3) is 7.19 Å². The van der Waals surface area contributed by atoms with Crippen LogP contribution in [-0.2, 0) is 13.6 Å². The Bertz CT molecular complexity index is 573. The number of halogens is 2. The number of hydrogen-bond donors (Lipinski definition) is 0. The standard InChI is InChI=1S/C10H9ClINO3S/c11-6-10(14)8-1-2-9-7(5-8)3-4-13(9)17(12,15)16/h1-2,5H,3-4,6H2. The molecule has 0 fully saturated rings. The highest BCUT2D eigenvalue weighted by molar-refractivity contribution is 14.2. The summed E-state index contributed by atoms with van der Waals surface area (Å²) in [5, 5.41) is 0. The maximum atomic E-state index is 11.5. The van der Waals surface area contributed by atoms with Gasteiger partial charge in [-0.05, 0) is 30.2 Å². The van der Waals surface area contributed by atoms with Crippen molar-refractivity contribution in [3.63, 3.8) is 0 Å². The van der Waals surface area contributed by atoms with Crippen LogP contribution in [0.25, 0.3) is 0 Å². The van der Waals surface area contributed by atoms with Gasteiger partial charge in [0, 0.05) is 12.1 Å². The second kappa shape index (κ2) is 4.74. The monoisotopic (exact) mass is 385 g/mol. The summed E-state index contributed by atoms with van der Waals surface area (Å²) in [6.45, 7) is 0.430. The van der Waals surface area contributed by atoms with Crippen molar-refractivity contribution < 1.29 is 13.2 Å². The number of benzene rings is 1. The molecule has 0 aromatic heterocycles. The van der Waals surface area contributed by atoms with Crippen molar-refractivity contribution in [2.75, 3.05) is 16.7 Å². The third-order valence-corrected chi connectivity index (χ3v) is 5.21. The first-order valence-electron chi connectivity index (χ1n) is 4.88. The van der Waals surface area contributed by atoms with Crippen molar-refractivity contribution >= 4 is 51.5 Å². The van der Waals surface area contributed by atoms with Gasteiger partial charge in [0.15, 0.2) is 5.78 Å². The van der Waals surface area contributed by atoms with E-state index < -0.39 is 7.19 Å². The fraction of sp³-hybridized carbons (Fsp3) is 0.300. The molecule has 0 radical (unpaired) electrons. The van der Waals surface area contributed by atoms with E-state index in [4.69, 9.17) is 11.6 Å². The molecule has 1 aliphatic heterocycles. The van der Waals surface area contributed by atoms with E-state index in [9.17, 15) is 13.2 Å². The van der Waals surface area contributed by atoms with Crippen LogP contribution in [0.1, 0.15) is 15.9 Å². The van der Waals surface area contributed by atoms with Crippen molar-refractivity contribution in [1.82, 2.24) is 0 Å². The lowest BCUT2D eigenvalue weighted by Crippen LogP contribution is -2.23. The molecular weight excluding hydrogens is 377 g/mol. The minimum absolute atomic E-state index is 0.0624. The predicted octanol–water partition coefficient (Wildman–Crippen LogP) is 2.15. The summed E-state index contributed by atoms with van der Waals surface area (Å²) < 4.78 is 24.3. The Morgan fingerprint density at radius 2 is 2.18 bits per heavy atom. The summed E-state index contributed by atoms with van der Waals surface area (Å²) in [4.78, 5) is 11.4. The van der Waals surface area contributed by atoms with E-state index in [1.165, 1.54) is 25.5 Å². The lowest BCUT2D eigenvalue weighted by atomic mass is 10.1. The lowest BCUT2D eigenvalue weighted by molar-refractivity contribution is 0.102. The Kier molecular flexibility index (Phi) is 3.65. The van der Waals surface area contributed by atoms with Gasteiger partial charge in [0.1, 0.15) is 0 Å². The van der Waals surface area contributed by atoms with Gasteiger partial charge < -0.3 is 0 Å². The molecule has 0 aliphatic carbocycles. The van der Waals surface area contributed by atoms with Gasteiger partial charge >= 0.3 is 0 Å². The SMILES string of the molecule is O=C(CCl)c1ccc2c(c1)CCN2S(=O)(=O)I. The molecule has 0 unspecified atom stereocenters. The van der Waals surface area contributed by atoms with E-state index in [0.29, 0.717) is 24.2 Å². The Labute approximate surface area is 117 Å². The number of carbonyl (C=O) groups excluding carboxylic acids is 1. The van der Waals surface area contributed by atoms with Crippen molar-refractivity contribution in [3.8, 4) is 0 Å². The molecule has 7 heteroatoms. The number of alkyl halides is 1. The van der Waals surface area contributed by atoms with E-state index in [-0.39, 0.29) is 11.7 Å².